The third-order valence-electron chi connectivity index (χ3n) is 3.95. The molecule has 0 aliphatic heterocycles. The molecule has 0 saturated carbocycles. The van der Waals surface area contributed by atoms with Crippen LogP contribution in [0.4, 0.5) is 5.69 Å². The van der Waals surface area contributed by atoms with Crippen molar-refractivity contribution in [2.24, 2.45) is 0 Å². The Hall–Kier alpha value is -3.00. The summed E-state index contributed by atoms with van der Waals surface area (Å²) in [5.41, 5.74) is 2.80. The van der Waals surface area contributed by atoms with Crippen molar-refractivity contribution in [2.45, 2.75) is 19.0 Å². The Morgan fingerprint density at radius 2 is 1.96 bits per heavy atom. The van der Waals surface area contributed by atoms with Crippen LogP contribution in [0.3, 0.4) is 0 Å². The van der Waals surface area contributed by atoms with Crippen LogP contribution >= 0.6 is 11.8 Å². The molecule has 132 valence electrons. The van der Waals surface area contributed by atoms with E-state index in [0.717, 1.165) is 11.3 Å². The minimum atomic E-state index is -0.478. The van der Waals surface area contributed by atoms with Gasteiger partial charge in [-0.2, -0.15) is 0 Å². The summed E-state index contributed by atoms with van der Waals surface area (Å²) < 4.78 is 1.82. The fourth-order valence-corrected chi connectivity index (χ4v) is 3.33. The third-order valence-corrected chi connectivity index (χ3v) is 4.89. The van der Waals surface area contributed by atoms with Crippen LogP contribution in [0.25, 0.3) is 5.69 Å². The maximum absolute atomic E-state index is 12.4. The van der Waals surface area contributed by atoms with Gasteiger partial charge < -0.3 is 0 Å². The van der Waals surface area contributed by atoms with Gasteiger partial charge in [-0.15, -0.1) is 10.2 Å². The summed E-state index contributed by atoms with van der Waals surface area (Å²) >= 11 is 1.25. The minimum Gasteiger partial charge on any atom is -0.293 e. The van der Waals surface area contributed by atoms with Gasteiger partial charge in [0.25, 0.3) is 5.69 Å². The summed E-state index contributed by atoms with van der Waals surface area (Å²) in [6.45, 7) is 3.63. The number of para-hydroxylation sites is 1. The zero-order valence-electron chi connectivity index (χ0n) is 14.2. The molecule has 0 aliphatic rings. The van der Waals surface area contributed by atoms with E-state index in [9.17, 15) is 14.9 Å². The highest BCUT2D eigenvalue weighted by atomic mass is 32.2. The monoisotopic (exact) mass is 368 g/mol. The van der Waals surface area contributed by atoms with Crippen LogP contribution in [-0.2, 0) is 0 Å². The largest absolute Gasteiger partial charge is 0.293 e. The van der Waals surface area contributed by atoms with Crippen molar-refractivity contribution in [2.75, 3.05) is 5.75 Å². The zero-order valence-corrected chi connectivity index (χ0v) is 15.1. The molecule has 0 unspecified atom stereocenters. The number of rotatable bonds is 6. The summed E-state index contributed by atoms with van der Waals surface area (Å²) in [4.78, 5) is 23.0. The maximum Gasteiger partial charge on any atom is 0.273 e. The molecule has 2 aromatic carbocycles. The molecule has 0 radical (unpaired) electrons. The highest BCUT2D eigenvalue weighted by Crippen LogP contribution is 2.24. The molecule has 1 aromatic heterocycles. The molecule has 7 nitrogen and oxygen atoms in total. The number of benzene rings is 2. The maximum atomic E-state index is 12.4. The second-order valence-corrected chi connectivity index (χ2v) is 6.68. The average Bonchev–Trinajstić information content (AvgIpc) is 3.08. The molecule has 0 atom stereocenters. The summed E-state index contributed by atoms with van der Waals surface area (Å²) in [6, 6.07) is 12.3. The summed E-state index contributed by atoms with van der Waals surface area (Å²) in [5.74, 6) is -0.0810. The zero-order chi connectivity index (χ0) is 18.7. The van der Waals surface area contributed by atoms with Crippen LogP contribution in [0.2, 0.25) is 0 Å². The van der Waals surface area contributed by atoms with Gasteiger partial charge in [0.1, 0.15) is 6.33 Å². The van der Waals surface area contributed by atoms with E-state index in [-0.39, 0.29) is 17.2 Å². The second kappa shape index (κ2) is 7.49. The standard InChI is InChI=1S/C18H16N4O3S/c1-12-5-3-4-6-15(12)21-11-19-20-18(21)26-10-17(23)14-8-7-13(2)16(9-14)22(24)25/h3-9,11H,10H2,1-2H3. The second-order valence-electron chi connectivity index (χ2n) is 5.74. The lowest BCUT2D eigenvalue weighted by Gasteiger charge is -2.09. The molecule has 26 heavy (non-hydrogen) atoms. The molecule has 0 saturated heterocycles. The van der Waals surface area contributed by atoms with E-state index in [1.54, 1.807) is 25.4 Å². The molecule has 0 amide bonds. The van der Waals surface area contributed by atoms with E-state index in [2.05, 4.69) is 10.2 Å². The van der Waals surface area contributed by atoms with Crippen molar-refractivity contribution in [3.05, 3.63) is 75.6 Å². The van der Waals surface area contributed by atoms with Crippen molar-refractivity contribution in [1.82, 2.24) is 14.8 Å². The van der Waals surface area contributed by atoms with Crippen LogP contribution in [0.1, 0.15) is 21.5 Å². The van der Waals surface area contributed by atoms with E-state index in [1.165, 1.54) is 17.8 Å². The van der Waals surface area contributed by atoms with Crippen LogP contribution in [-0.4, -0.2) is 31.2 Å². The summed E-state index contributed by atoms with van der Waals surface area (Å²) in [6.07, 6.45) is 1.60. The quantitative estimate of drug-likeness (QED) is 0.285. The van der Waals surface area contributed by atoms with Gasteiger partial charge in [-0.1, -0.05) is 42.1 Å². The van der Waals surface area contributed by atoms with Gasteiger partial charge in [0, 0.05) is 17.2 Å². The van der Waals surface area contributed by atoms with Crippen LogP contribution in [0.15, 0.2) is 53.9 Å². The predicted octanol–water partition coefficient (Wildman–Crippen LogP) is 3.77. The number of ketones is 1. The van der Waals surface area contributed by atoms with E-state index in [1.807, 2.05) is 35.8 Å². The third kappa shape index (κ3) is 3.65. The van der Waals surface area contributed by atoms with Gasteiger partial charge in [0.05, 0.1) is 16.4 Å². The fourth-order valence-electron chi connectivity index (χ4n) is 2.51. The van der Waals surface area contributed by atoms with Crippen molar-refractivity contribution < 1.29 is 9.72 Å². The molecule has 0 bridgehead atoms. The highest BCUT2D eigenvalue weighted by Gasteiger charge is 2.17. The van der Waals surface area contributed by atoms with Gasteiger partial charge in [-0.3, -0.25) is 19.5 Å². The van der Waals surface area contributed by atoms with Gasteiger partial charge in [0.15, 0.2) is 10.9 Å². The lowest BCUT2D eigenvalue weighted by Crippen LogP contribution is -2.06. The lowest BCUT2D eigenvalue weighted by molar-refractivity contribution is -0.385. The number of nitro benzene ring substituents is 1. The van der Waals surface area contributed by atoms with E-state index >= 15 is 0 Å². The SMILES string of the molecule is Cc1ccccc1-n1cnnc1SCC(=O)c1ccc(C)c([N+](=O)[O-])c1. The first kappa shape index (κ1) is 17.8. The smallest absolute Gasteiger partial charge is 0.273 e. The first-order chi connectivity index (χ1) is 12.5. The fraction of sp³-hybridized carbons (Fsp3) is 0.167. The molecule has 0 spiro atoms. The number of hydrogen-bond acceptors (Lipinski definition) is 6. The summed E-state index contributed by atoms with van der Waals surface area (Å²) in [5, 5.41) is 19.6. The molecule has 1 heterocycles. The predicted molar refractivity (Wildman–Crippen MR) is 99.0 cm³/mol. The number of nitrogens with zero attached hydrogens (tertiary/aromatic N) is 4. The number of aryl methyl sites for hydroxylation is 2. The van der Waals surface area contributed by atoms with Crippen molar-refractivity contribution >= 4 is 23.2 Å². The number of Topliss-reactive ketones (excluding diaryl/α,β-unsaturated/α-hetero) is 1. The average molecular weight is 368 g/mol. The number of carbonyl (C=O) groups excluding carboxylic acids is 1. The lowest BCUT2D eigenvalue weighted by atomic mass is 10.1. The number of aromatic nitrogens is 3. The normalized spacial score (nSPS) is 10.7. The number of hydrogen-bond donors (Lipinski definition) is 0. The minimum absolute atomic E-state index is 0.0519. The van der Waals surface area contributed by atoms with Crippen LogP contribution < -0.4 is 0 Å². The topological polar surface area (TPSA) is 90.9 Å². The van der Waals surface area contributed by atoms with Gasteiger partial charge in [-0.25, -0.2) is 0 Å². The molecule has 0 fully saturated rings. The van der Waals surface area contributed by atoms with Crippen molar-refractivity contribution in [1.29, 1.82) is 0 Å². The molecule has 0 aliphatic carbocycles. The number of carbonyl (C=O) groups is 1. The Labute approximate surface area is 154 Å². The Balaban J connectivity index is 1.78. The number of thioether (sulfide) groups is 1. The van der Waals surface area contributed by atoms with E-state index < -0.39 is 4.92 Å². The molecule has 0 N–H and O–H groups in total. The Bertz CT molecular complexity index is 984. The van der Waals surface area contributed by atoms with Crippen LogP contribution in [0.5, 0.6) is 0 Å². The van der Waals surface area contributed by atoms with Gasteiger partial charge in [-0.05, 0) is 25.5 Å². The van der Waals surface area contributed by atoms with Gasteiger partial charge in [0.2, 0.25) is 0 Å². The Morgan fingerprint density at radius 1 is 1.19 bits per heavy atom. The molecular weight excluding hydrogens is 352 g/mol. The molecular formula is C18H16N4O3S. The molecule has 3 rings (SSSR count). The summed E-state index contributed by atoms with van der Waals surface area (Å²) in [7, 11) is 0. The van der Waals surface area contributed by atoms with Crippen LogP contribution in [0, 0.1) is 24.0 Å². The Kier molecular flexibility index (Phi) is 5.13. The highest BCUT2D eigenvalue weighted by molar-refractivity contribution is 7.99. The molecule has 8 heteroatoms. The van der Waals surface area contributed by atoms with E-state index in [4.69, 9.17) is 0 Å². The van der Waals surface area contributed by atoms with Crippen molar-refractivity contribution in [3.63, 3.8) is 0 Å². The first-order valence-electron chi connectivity index (χ1n) is 7.84. The Morgan fingerprint density at radius 3 is 2.69 bits per heavy atom. The van der Waals surface area contributed by atoms with Crippen molar-refractivity contribution in [3.8, 4) is 5.69 Å². The number of nitro groups is 1. The molecule has 3 aromatic rings. The van der Waals surface area contributed by atoms with Gasteiger partial charge >= 0.3 is 0 Å². The first-order valence-corrected chi connectivity index (χ1v) is 8.83. The van der Waals surface area contributed by atoms with E-state index in [0.29, 0.717) is 16.3 Å².